The summed E-state index contributed by atoms with van der Waals surface area (Å²) >= 11 is 3.41. The molecule has 4 heteroatoms. The van der Waals surface area contributed by atoms with Crippen LogP contribution in [0.4, 0.5) is 0 Å². The van der Waals surface area contributed by atoms with Crippen LogP contribution in [0.1, 0.15) is 6.42 Å². The van der Waals surface area contributed by atoms with Crippen molar-refractivity contribution in [1.82, 2.24) is 5.32 Å². The molecule has 1 heterocycles. The maximum Gasteiger partial charge on any atom is 0.135 e. The Bertz CT molecular complexity index is 723. The molecule has 0 radical (unpaired) electrons. The number of fused-ring (bicyclic) bond motifs is 3. The number of para-hydroxylation sites is 1. The van der Waals surface area contributed by atoms with Gasteiger partial charge in [0, 0.05) is 22.6 Å². The summed E-state index contributed by atoms with van der Waals surface area (Å²) < 4.78 is 11.6. The number of halogens is 1. The number of hydrogen-bond donors (Lipinski definition) is 1. The van der Waals surface area contributed by atoms with Gasteiger partial charge in [0.2, 0.25) is 0 Å². The highest BCUT2D eigenvalue weighted by Gasteiger charge is 2.07. The zero-order valence-electron chi connectivity index (χ0n) is 11.8. The van der Waals surface area contributed by atoms with Crippen molar-refractivity contribution in [3.63, 3.8) is 0 Å². The Kier molecular flexibility index (Phi) is 4.78. The highest BCUT2D eigenvalue weighted by molar-refractivity contribution is 9.09. The summed E-state index contributed by atoms with van der Waals surface area (Å²) in [5.41, 5.74) is 1.82. The summed E-state index contributed by atoms with van der Waals surface area (Å²) in [7, 11) is 0. The van der Waals surface area contributed by atoms with Gasteiger partial charge in [0.15, 0.2) is 0 Å². The van der Waals surface area contributed by atoms with Gasteiger partial charge < -0.3 is 14.5 Å². The van der Waals surface area contributed by atoms with Crippen molar-refractivity contribution in [2.24, 2.45) is 0 Å². The van der Waals surface area contributed by atoms with Gasteiger partial charge in [0.05, 0.1) is 0 Å². The Hall–Kier alpha value is -1.52. The van der Waals surface area contributed by atoms with Crippen LogP contribution in [0, 0.1) is 0 Å². The Morgan fingerprint density at radius 1 is 1.00 bits per heavy atom. The molecule has 0 atom stereocenters. The molecule has 3 aromatic rings. The second-order valence-electron chi connectivity index (χ2n) is 4.90. The molecule has 0 aliphatic rings. The van der Waals surface area contributed by atoms with Gasteiger partial charge >= 0.3 is 0 Å². The third kappa shape index (κ3) is 3.39. The Balaban J connectivity index is 1.68. The van der Waals surface area contributed by atoms with E-state index in [0.29, 0.717) is 6.61 Å². The first-order valence-corrected chi connectivity index (χ1v) is 8.31. The summed E-state index contributed by atoms with van der Waals surface area (Å²) in [6, 6.07) is 14.1. The zero-order valence-corrected chi connectivity index (χ0v) is 13.4. The normalized spacial score (nSPS) is 11.3. The molecule has 0 aliphatic heterocycles. The standard InChI is InChI=1S/C17H18BrNO2/c18-8-3-9-19-10-11-20-13-6-7-17-15(12-13)14-4-1-2-5-16(14)21-17/h1-2,4-7,12,19H,3,8-11H2. The van der Waals surface area contributed by atoms with E-state index >= 15 is 0 Å². The zero-order chi connectivity index (χ0) is 14.5. The molecule has 3 nitrogen and oxygen atoms in total. The monoisotopic (exact) mass is 347 g/mol. The van der Waals surface area contributed by atoms with Crippen LogP contribution in [0.5, 0.6) is 5.75 Å². The fraction of sp³-hybridized carbons (Fsp3) is 0.294. The SMILES string of the molecule is BrCCCNCCOc1ccc2oc3ccccc3c2c1. The van der Waals surface area contributed by atoms with Crippen molar-refractivity contribution in [2.45, 2.75) is 6.42 Å². The van der Waals surface area contributed by atoms with Crippen molar-refractivity contribution < 1.29 is 9.15 Å². The van der Waals surface area contributed by atoms with E-state index in [1.807, 2.05) is 30.3 Å². The molecular weight excluding hydrogens is 330 g/mol. The molecule has 3 rings (SSSR count). The molecule has 0 fully saturated rings. The minimum absolute atomic E-state index is 0.670. The predicted molar refractivity (Wildman–Crippen MR) is 90.5 cm³/mol. The van der Waals surface area contributed by atoms with Gasteiger partial charge in [-0.2, -0.15) is 0 Å². The van der Waals surface area contributed by atoms with E-state index in [2.05, 4.69) is 33.4 Å². The maximum absolute atomic E-state index is 5.81. The molecule has 21 heavy (non-hydrogen) atoms. The molecule has 0 bridgehead atoms. The second kappa shape index (κ2) is 6.96. The fourth-order valence-electron chi connectivity index (χ4n) is 2.35. The number of hydrogen-bond acceptors (Lipinski definition) is 3. The molecule has 0 aliphatic carbocycles. The molecule has 0 amide bonds. The second-order valence-corrected chi connectivity index (χ2v) is 5.69. The highest BCUT2D eigenvalue weighted by atomic mass is 79.9. The van der Waals surface area contributed by atoms with Crippen molar-refractivity contribution in [3.8, 4) is 5.75 Å². The lowest BCUT2D eigenvalue weighted by atomic mass is 10.1. The lowest BCUT2D eigenvalue weighted by Gasteiger charge is -2.07. The van der Waals surface area contributed by atoms with E-state index < -0.39 is 0 Å². The van der Waals surface area contributed by atoms with Crippen molar-refractivity contribution >= 4 is 37.9 Å². The first kappa shape index (κ1) is 14.4. The number of ether oxygens (including phenoxy) is 1. The lowest BCUT2D eigenvalue weighted by Crippen LogP contribution is -2.22. The maximum atomic E-state index is 5.81. The van der Waals surface area contributed by atoms with Gasteiger partial charge in [-0.05, 0) is 37.2 Å². The molecule has 110 valence electrons. The topological polar surface area (TPSA) is 34.4 Å². The molecule has 1 N–H and O–H groups in total. The summed E-state index contributed by atoms with van der Waals surface area (Å²) in [6.07, 6.45) is 1.13. The highest BCUT2D eigenvalue weighted by Crippen LogP contribution is 2.31. The summed E-state index contributed by atoms with van der Waals surface area (Å²) in [5.74, 6) is 0.886. The molecule has 0 saturated carbocycles. The van der Waals surface area contributed by atoms with Gasteiger partial charge in [-0.3, -0.25) is 0 Å². The van der Waals surface area contributed by atoms with Crippen LogP contribution < -0.4 is 10.1 Å². The van der Waals surface area contributed by atoms with E-state index in [0.717, 1.165) is 52.5 Å². The number of rotatable bonds is 7. The van der Waals surface area contributed by atoms with Crippen LogP contribution in [0.3, 0.4) is 0 Å². The first-order valence-electron chi connectivity index (χ1n) is 7.19. The van der Waals surface area contributed by atoms with Gasteiger partial charge in [0.1, 0.15) is 23.5 Å². The number of furan rings is 1. The third-order valence-electron chi connectivity index (χ3n) is 3.38. The Morgan fingerprint density at radius 2 is 1.86 bits per heavy atom. The van der Waals surface area contributed by atoms with Gasteiger partial charge in [-0.25, -0.2) is 0 Å². The predicted octanol–water partition coefficient (Wildman–Crippen LogP) is 4.34. The van der Waals surface area contributed by atoms with E-state index in [9.17, 15) is 0 Å². The molecule has 1 aromatic heterocycles. The van der Waals surface area contributed by atoms with Crippen LogP contribution in [-0.4, -0.2) is 25.0 Å². The smallest absolute Gasteiger partial charge is 0.135 e. The minimum Gasteiger partial charge on any atom is -0.492 e. The van der Waals surface area contributed by atoms with Crippen LogP contribution in [0.25, 0.3) is 21.9 Å². The van der Waals surface area contributed by atoms with Crippen molar-refractivity contribution in [3.05, 3.63) is 42.5 Å². The number of benzene rings is 2. The quantitative estimate of drug-likeness (QED) is 0.510. The van der Waals surface area contributed by atoms with Crippen molar-refractivity contribution in [2.75, 3.05) is 25.0 Å². The first-order chi connectivity index (χ1) is 10.4. The van der Waals surface area contributed by atoms with Crippen LogP contribution in [0.15, 0.2) is 46.9 Å². The number of nitrogens with one attached hydrogen (secondary N) is 1. The van der Waals surface area contributed by atoms with E-state index in [-0.39, 0.29) is 0 Å². The van der Waals surface area contributed by atoms with Crippen LogP contribution >= 0.6 is 15.9 Å². The molecule has 2 aromatic carbocycles. The lowest BCUT2D eigenvalue weighted by molar-refractivity contribution is 0.314. The van der Waals surface area contributed by atoms with Crippen LogP contribution in [0.2, 0.25) is 0 Å². The summed E-state index contributed by atoms with van der Waals surface area (Å²) in [4.78, 5) is 0. The van der Waals surface area contributed by atoms with E-state index in [1.54, 1.807) is 0 Å². The molecule has 0 spiro atoms. The van der Waals surface area contributed by atoms with Crippen LogP contribution in [-0.2, 0) is 0 Å². The average Bonchev–Trinajstić information content (AvgIpc) is 2.89. The van der Waals surface area contributed by atoms with Crippen molar-refractivity contribution in [1.29, 1.82) is 0 Å². The Labute approximate surface area is 132 Å². The van der Waals surface area contributed by atoms with E-state index in [4.69, 9.17) is 9.15 Å². The summed E-state index contributed by atoms with van der Waals surface area (Å²) in [6.45, 7) is 2.54. The largest absolute Gasteiger partial charge is 0.492 e. The molecule has 0 unspecified atom stereocenters. The number of alkyl halides is 1. The third-order valence-corrected chi connectivity index (χ3v) is 3.94. The van der Waals surface area contributed by atoms with Gasteiger partial charge in [-0.15, -0.1) is 0 Å². The molecular formula is C17H18BrNO2. The molecule has 0 saturated heterocycles. The minimum atomic E-state index is 0.670. The van der Waals surface area contributed by atoms with Gasteiger partial charge in [-0.1, -0.05) is 34.1 Å². The Morgan fingerprint density at radius 3 is 2.76 bits per heavy atom. The van der Waals surface area contributed by atoms with E-state index in [1.165, 1.54) is 0 Å². The average molecular weight is 348 g/mol. The summed E-state index contributed by atoms with van der Waals surface area (Å²) in [5, 5.41) is 6.62. The fourth-order valence-corrected chi connectivity index (χ4v) is 2.63. The van der Waals surface area contributed by atoms with Gasteiger partial charge in [0.25, 0.3) is 0 Å².